The van der Waals surface area contributed by atoms with E-state index < -0.39 is 23.6 Å². The maximum Gasteiger partial charge on any atom is 0.437 e. The van der Waals surface area contributed by atoms with Crippen molar-refractivity contribution in [3.63, 3.8) is 0 Å². The average molecular weight is 223 g/mol. The number of hydrogen-bond acceptors (Lipinski definition) is 3. The lowest BCUT2D eigenvalue weighted by Crippen LogP contribution is -2.11. The molecule has 0 amide bonds. The fraction of sp³-hybridized carbons (Fsp3) is 0.500. The standard InChI is InChI=1S/C8H8F3NO3/c1-2-3-4-12-6(8(9,10)11)5(15-4)7(13)14/h2-3H2,1H3,(H,13,14). The van der Waals surface area contributed by atoms with Gasteiger partial charge in [-0.05, 0) is 6.42 Å². The fourth-order valence-corrected chi connectivity index (χ4v) is 1.02. The highest BCUT2D eigenvalue weighted by Gasteiger charge is 2.41. The molecule has 1 aromatic rings. The Kier molecular flexibility index (Phi) is 3.01. The highest BCUT2D eigenvalue weighted by molar-refractivity contribution is 5.85. The predicted molar refractivity (Wildman–Crippen MR) is 42.5 cm³/mol. The Balaban J connectivity index is 3.18. The molecule has 0 aromatic carbocycles. The van der Waals surface area contributed by atoms with Crippen LogP contribution >= 0.6 is 0 Å². The van der Waals surface area contributed by atoms with E-state index in [-0.39, 0.29) is 12.3 Å². The molecule has 1 N–H and O–H groups in total. The van der Waals surface area contributed by atoms with E-state index in [2.05, 4.69) is 9.40 Å². The smallest absolute Gasteiger partial charge is 0.437 e. The summed E-state index contributed by atoms with van der Waals surface area (Å²) in [6.45, 7) is 1.72. The Morgan fingerprint density at radius 1 is 1.53 bits per heavy atom. The van der Waals surface area contributed by atoms with Crippen molar-refractivity contribution in [1.82, 2.24) is 4.98 Å². The van der Waals surface area contributed by atoms with E-state index in [0.29, 0.717) is 6.42 Å². The number of carbonyl (C=O) groups is 1. The zero-order chi connectivity index (χ0) is 11.6. The molecule has 84 valence electrons. The number of hydrogen-bond donors (Lipinski definition) is 1. The van der Waals surface area contributed by atoms with Gasteiger partial charge in [-0.1, -0.05) is 6.92 Å². The first-order chi connectivity index (χ1) is 6.86. The van der Waals surface area contributed by atoms with Crippen LogP contribution in [0.3, 0.4) is 0 Å². The first-order valence-electron chi connectivity index (χ1n) is 4.16. The number of nitrogens with zero attached hydrogens (tertiary/aromatic N) is 1. The molecule has 0 radical (unpaired) electrons. The molecule has 0 saturated carbocycles. The molecule has 0 unspecified atom stereocenters. The first-order valence-corrected chi connectivity index (χ1v) is 4.16. The third kappa shape index (κ3) is 2.48. The summed E-state index contributed by atoms with van der Waals surface area (Å²) in [6.07, 6.45) is -4.10. The van der Waals surface area contributed by atoms with Gasteiger partial charge < -0.3 is 9.52 Å². The number of oxazole rings is 1. The van der Waals surface area contributed by atoms with Crippen molar-refractivity contribution in [2.24, 2.45) is 0 Å². The molecule has 1 rings (SSSR count). The molecule has 1 aromatic heterocycles. The highest BCUT2D eigenvalue weighted by Crippen LogP contribution is 2.31. The van der Waals surface area contributed by atoms with E-state index in [1.54, 1.807) is 6.92 Å². The van der Waals surface area contributed by atoms with Crippen LogP contribution < -0.4 is 0 Å². The van der Waals surface area contributed by atoms with Crippen molar-refractivity contribution >= 4 is 5.97 Å². The highest BCUT2D eigenvalue weighted by atomic mass is 19.4. The third-order valence-corrected chi connectivity index (χ3v) is 1.60. The Morgan fingerprint density at radius 2 is 2.13 bits per heavy atom. The summed E-state index contributed by atoms with van der Waals surface area (Å²) < 4.78 is 41.3. The molecule has 0 spiro atoms. The van der Waals surface area contributed by atoms with Gasteiger partial charge in [-0.3, -0.25) is 0 Å². The van der Waals surface area contributed by atoms with Crippen LogP contribution in [0.5, 0.6) is 0 Å². The second-order valence-corrected chi connectivity index (χ2v) is 2.84. The lowest BCUT2D eigenvalue weighted by molar-refractivity contribution is -0.141. The average Bonchev–Trinajstić information content (AvgIpc) is 2.48. The summed E-state index contributed by atoms with van der Waals surface area (Å²) in [5.74, 6) is -3.12. The van der Waals surface area contributed by atoms with Crippen LogP contribution in [0.1, 0.15) is 35.5 Å². The molecule has 4 nitrogen and oxygen atoms in total. The van der Waals surface area contributed by atoms with Gasteiger partial charge >= 0.3 is 12.1 Å². The van der Waals surface area contributed by atoms with Crippen molar-refractivity contribution in [1.29, 1.82) is 0 Å². The molecule has 0 fully saturated rings. The lowest BCUT2D eigenvalue weighted by Gasteiger charge is -2.00. The van der Waals surface area contributed by atoms with Crippen LogP contribution in [-0.4, -0.2) is 16.1 Å². The van der Waals surface area contributed by atoms with E-state index in [0.717, 1.165) is 0 Å². The van der Waals surface area contributed by atoms with Gasteiger partial charge in [0.15, 0.2) is 11.6 Å². The molecule has 0 aliphatic carbocycles. The molecule has 15 heavy (non-hydrogen) atoms. The first kappa shape index (κ1) is 11.5. The van der Waals surface area contributed by atoms with Gasteiger partial charge in [0.1, 0.15) is 0 Å². The van der Waals surface area contributed by atoms with Gasteiger partial charge in [0.05, 0.1) is 0 Å². The number of rotatable bonds is 3. The Labute approximate surface area is 82.7 Å². The SMILES string of the molecule is CCCc1nc(C(F)(F)F)c(C(=O)O)o1. The molecular weight excluding hydrogens is 215 g/mol. The minimum absolute atomic E-state index is 0.177. The summed E-state index contributed by atoms with van der Waals surface area (Å²) >= 11 is 0. The Bertz CT molecular complexity index is 370. The van der Waals surface area contributed by atoms with Crippen molar-refractivity contribution in [2.75, 3.05) is 0 Å². The van der Waals surface area contributed by atoms with Gasteiger partial charge in [-0.15, -0.1) is 0 Å². The van der Waals surface area contributed by atoms with Gasteiger partial charge in [-0.2, -0.15) is 13.2 Å². The second-order valence-electron chi connectivity index (χ2n) is 2.84. The number of alkyl halides is 3. The molecule has 0 atom stereocenters. The second kappa shape index (κ2) is 3.92. The quantitative estimate of drug-likeness (QED) is 0.854. The zero-order valence-electron chi connectivity index (χ0n) is 7.76. The normalized spacial score (nSPS) is 11.7. The van der Waals surface area contributed by atoms with E-state index in [1.165, 1.54) is 0 Å². The maximum absolute atomic E-state index is 12.3. The Hall–Kier alpha value is -1.53. The monoisotopic (exact) mass is 223 g/mol. The van der Waals surface area contributed by atoms with Gasteiger partial charge in [0, 0.05) is 6.42 Å². The number of carboxylic acids is 1. The molecule has 0 aliphatic heterocycles. The zero-order valence-corrected chi connectivity index (χ0v) is 7.76. The maximum atomic E-state index is 12.3. The summed E-state index contributed by atoms with van der Waals surface area (Å²) in [4.78, 5) is 13.6. The molecular formula is C8H8F3NO3. The molecule has 1 heterocycles. The van der Waals surface area contributed by atoms with E-state index in [9.17, 15) is 18.0 Å². The van der Waals surface area contributed by atoms with Crippen molar-refractivity contribution in [3.05, 3.63) is 17.3 Å². The summed E-state index contributed by atoms with van der Waals surface area (Å²) in [5.41, 5.74) is -1.47. The van der Waals surface area contributed by atoms with Crippen molar-refractivity contribution in [2.45, 2.75) is 25.9 Å². The third-order valence-electron chi connectivity index (χ3n) is 1.60. The lowest BCUT2D eigenvalue weighted by atomic mass is 10.3. The number of aromatic carboxylic acids is 1. The largest absolute Gasteiger partial charge is 0.475 e. The molecule has 0 saturated heterocycles. The minimum atomic E-state index is -4.80. The fourth-order valence-electron chi connectivity index (χ4n) is 1.02. The van der Waals surface area contributed by atoms with Crippen molar-refractivity contribution in [3.8, 4) is 0 Å². The van der Waals surface area contributed by atoms with Gasteiger partial charge in [0.2, 0.25) is 5.76 Å². The molecule has 0 bridgehead atoms. The Morgan fingerprint density at radius 3 is 2.47 bits per heavy atom. The summed E-state index contributed by atoms with van der Waals surface area (Å²) in [7, 11) is 0. The minimum Gasteiger partial charge on any atom is -0.475 e. The van der Waals surface area contributed by atoms with Gasteiger partial charge in [-0.25, -0.2) is 9.78 Å². The van der Waals surface area contributed by atoms with Crippen LogP contribution in [0.15, 0.2) is 4.42 Å². The van der Waals surface area contributed by atoms with E-state index >= 15 is 0 Å². The van der Waals surface area contributed by atoms with Crippen LogP contribution in [0.4, 0.5) is 13.2 Å². The van der Waals surface area contributed by atoms with Crippen LogP contribution in [0.25, 0.3) is 0 Å². The molecule has 7 heteroatoms. The summed E-state index contributed by atoms with van der Waals surface area (Å²) in [5, 5.41) is 8.48. The number of aryl methyl sites for hydroxylation is 1. The topological polar surface area (TPSA) is 63.3 Å². The summed E-state index contributed by atoms with van der Waals surface area (Å²) in [6, 6.07) is 0. The van der Waals surface area contributed by atoms with Crippen LogP contribution in [0.2, 0.25) is 0 Å². The van der Waals surface area contributed by atoms with Crippen LogP contribution in [-0.2, 0) is 12.6 Å². The number of carboxylic acid groups (broad SMARTS) is 1. The molecule has 0 aliphatic rings. The van der Waals surface area contributed by atoms with E-state index in [1.807, 2.05) is 0 Å². The van der Waals surface area contributed by atoms with E-state index in [4.69, 9.17) is 5.11 Å². The number of aromatic nitrogens is 1. The predicted octanol–water partition coefficient (Wildman–Crippen LogP) is 2.34. The number of halogens is 3. The van der Waals surface area contributed by atoms with Crippen molar-refractivity contribution < 1.29 is 27.5 Å². The van der Waals surface area contributed by atoms with Gasteiger partial charge in [0.25, 0.3) is 0 Å². The van der Waals surface area contributed by atoms with Crippen LogP contribution in [0, 0.1) is 0 Å².